The van der Waals surface area contributed by atoms with Crippen LogP contribution in [0.15, 0.2) is 18.2 Å². The highest BCUT2D eigenvalue weighted by Gasteiger charge is 2.43. The fourth-order valence-electron chi connectivity index (χ4n) is 3.67. The Kier molecular flexibility index (Phi) is 4.76. The Morgan fingerprint density at radius 3 is 2.65 bits per heavy atom. The van der Waals surface area contributed by atoms with Crippen LogP contribution in [0.4, 0.5) is 24.5 Å². The average Bonchev–Trinajstić information content (AvgIpc) is 2.97. The van der Waals surface area contributed by atoms with Crippen molar-refractivity contribution in [1.29, 1.82) is 0 Å². The Morgan fingerprint density at radius 2 is 2.04 bits per heavy atom. The molecule has 1 saturated heterocycles. The van der Waals surface area contributed by atoms with E-state index in [0.29, 0.717) is 25.3 Å². The van der Waals surface area contributed by atoms with Gasteiger partial charge in [-0.15, -0.1) is 0 Å². The van der Waals surface area contributed by atoms with Crippen LogP contribution in [0, 0.1) is 16.0 Å². The van der Waals surface area contributed by atoms with Crippen LogP contribution >= 0.6 is 0 Å². The number of rotatable bonds is 4. The number of anilines is 1. The van der Waals surface area contributed by atoms with E-state index in [4.69, 9.17) is 5.73 Å². The molecule has 1 heterocycles. The van der Waals surface area contributed by atoms with Gasteiger partial charge in [0.1, 0.15) is 11.7 Å². The highest BCUT2D eigenvalue weighted by Crippen LogP contribution is 2.37. The molecular formula is C15H18F3N5O3. The summed E-state index contributed by atoms with van der Waals surface area (Å²) in [4.78, 5) is 21.8. The maximum absolute atomic E-state index is 12.8. The summed E-state index contributed by atoms with van der Waals surface area (Å²) >= 11 is 0. The maximum atomic E-state index is 12.8. The molecule has 1 amide bonds. The van der Waals surface area contributed by atoms with Crippen molar-refractivity contribution in [2.75, 3.05) is 5.32 Å². The summed E-state index contributed by atoms with van der Waals surface area (Å²) in [6.45, 7) is 0. The van der Waals surface area contributed by atoms with E-state index < -0.39 is 34.3 Å². The first-order chi connectivity index (χ1) is 12.2. The fraction of sp³-hybridized carbons (Fsp3) is 0.533. The van der Waals surface area contributed by atoms with E-state index in [2.05, 4.69) is 16.2 Å². The Morgan fingerprint density at radius 1 is 1.31 bits per heavy atom. The third kappa shape index (κ3) is 3.58. The minimum atomic E-state index is -4.66. The van der Waals surface area contributed by atoms with Crippen LogP contribution in [0.1, 0.15) is 24.8 Å². The van der Waals surface area contributed by atoms with Gasteiger partial charge < -0.3 is 11.1 Å². The maximum Gasteiger partial charge on any atom is 0.416 e. The number of hydrogen-bond donors (Lipinski definition) is 4. The zero-order valence-corrected chi connectivity index (χ0v) is 13.5. The van der Waals surface area contributed by atoms with Gasteiger partial charge in [-0.3, -0.25) is 20.3 Å². The fourth-order valence-corrected chi connectivity index (χ4v) is 3.67. The van der Waals surface area contributed by atoms with Crippen LogP contribution in [0.2, 0.25) is 0 Å². The number of carbonyl (C=O) groups is 1. The molecule has 142 valence electrons. The van der Waals surface area contributed by atoms with Crippen molar-refractivity contribution in [3.8, 4) is 0 Å². The second-order valence-electron chi connectivity index (χ2n) is 6.58. The largest absolute Gasteiger partial charge is 0.416 e. The molecule has 1 aliphatic carbocycles. The van der Waals surface area contributed by atoms with E-state index in [1.165, 1.54) is 0 Å². The molecule has 0 bridgehead atoms. The van der Waals surface area contributed by atoms with Crippen molar-refractivity contribution < 1.29 is 22.9 Å². The number of fused-ring (bicyclic) bond motifs is 1. The summed E-state index contributed by atoms with van der Waals surface area (Å²) in [7, 11) is 0. The molecule has 1 saturated carbocycles. The first-order valence-corrected chi connectivity index (χ1v) is 8.09. The normalized spacial score (nSPS) is 28.4. The molecule has 0 spiro atoms. The Bertz CT molecular complexity index is 727. The van der Waals surface area contributed by atoms with Crippen LogP contribution in [0.5, 0.6) is 0 Å². The third-order valence-electron chi connectivity index (χ3n) is 4.94. The number of nitro benzene ring substituents is 1. The molecule has 4 unspecified atom stereocenters. The van der Waals surface area contributed by atoms with Crippen molar-refractivity contribution in [3.63, 3.8) is 0 Å². The predicted octanol–water partition coefficient (Wildman–Crippen LogP) is 1.52. The molecular weight excluding hydrogens is 355 g/mol. The van der Waals surface area contributed by atoms with Crippen molar-refractivity contribution in [2.24, 2.45) is 11.7 Å². The van der Waals surface area contributed by atoms with Gasteiger partial charge in [0.2, 0.25) is 5.91 Å². The lowest BCUT2D eigenvalue weighted by atomic mass is 9.79. The number of alkyl halides is 3. The molecule has 1 aromatic rings. The zero-order valence-electron chi connectivity index (χ0n) is 13.5. The number of benzene rings is 1. The smallest absolute Gasteiger partial charge is 0.377 e. The molecule has 2 aliphatic rings. The number of primary amides is 1. The van der Waals surface area contributed by atoms with Crippen molar-refractivity contribution in [2.45, 2.75) is 43.6 Å². The summed E-state index contributed by atoms with van der Waals surface area (Å²) in [6, 6.07) is 1.71. The number of hydrogen-bond acceptors (Lipinski definition) is 6. The number of nitrogens with two attached hydrogens (primary N) is 1. The van der Waals surface area contributed by atoms with E-state index in [9.17, 15) is 28.1 Å². The average molecular weight is 373 g/mol. The van der Waals surface area contributed by atoms with Gasteiger partial charge in [-0.05, 0) is 31.4 Å². The Labute approximate surface area is 146 Å². The van der Waals surface area contributed by atoms with Gasteiger partial charge in [-0.2, -0.15) is 13.2 Å². The number of halogens is 3. The number of carbonyl (C=O) groups excluding carboxylic acids is 1. The third-order valence-corrected chi connectivity index (χ3v) is 4.94. The predicted molar refractivity (Wildman–Crippen MR) is 85.9 cm³/mol. The van der Waals surface area contributed by atoms with Gasteiger partial charge in [0, 0.05) is 24.1 Å². The quantitative estimate of drug-likeness (QED) is 0.469. The van der Waals surface area contributed by atoms with Gasteiger partial charge >= 0.3 is 6.18 Å². The molecule has 2 fully saturated rings. The molecule has 1 aromatic carbocycles. The Hall–Kier alpha value is -2.40. The number of amides is 1. The summed E-state index contributed by atoms with van der Waals surface area (Å²) in [5.74, 6) is -0.585. The minimum absolute atomic E-state index is 0.0287. The van der Waals surface area contributed by atoms with E-state index in [1.807, 2.05) is 0 Å². The molecule has 0 aromatic heterocycles. The van der Waals surface area contributed by atoms with Gasteiger partial charge in [-0.1, -0.05) is 0 Å². The summed E-state index contributed by atoms with van der Waals surface area (Å²) < 4.78 is 38.4. The monoisotopic (exact) mass is 373 g/mol. The van der Waals surface area contributed by atoms with Gasteiger partial charge in [0.25, 0.3) is 5.69 Å². The first kappa shape index (κ1) is 18.4. The summed E-state index contributed by atoms with van der Waals surface area (Å²) in [6.07, 6.45) is -2.79. The van der Waals surface area contributed by atoms with E-state index in [1.54, 1.807) is 0 Å². The first-order valence-electron chi connectivity index (χ1n) is 8.09. The highest BCUT2D eigenvalue weighted by atomic mass is 19.4. The van der Waals surface area contributed by atoms with Crippen LogP contribution in [-0.4, -0.2) is 29.0 Å². The van der Waals surface area contributed by atoms with Crippen molar-refractivity contribution >= 4 is 17.3 Å². The SMILES string of the molecule is NC(=O)C1NNC2CCC(Nc3ccc(C(F)(F)F)cc3[N+](=O)[O-])CC21. The number of nitrogens with one attached hydrogen (secondary N) is 3. The summed E-state index contributed by atoms with van der Waals surface area (Å²) in [5.41, 5.74) is 9.56. The van der Waals surface area contributed by atoms with Crippen LogP contribution < -0.4 is 21.9 Å². The molecule has 11 heteroatoms. The minimum Gasteiger partial charge on any atom is -0.377 e. The van der Waals surface area contributed by atoms with Gasteiger partial charge in [-0.25, -0.2) is 5.43 Å². The van der Waals surface area contributed by atoms with Crippen LogP contribution in [0.25, 0.3) is 0 Å². The van der Waals surface area contributed by atoms with E-state index in [0.717, 1.165) is 12.1 Å². The van der Waals surface area contributed by atoms with Crippen LogP contribution in [-0.2, 0) is 11.0 Å². The number of hydrazine groups is 1. The second kappa shape index (κ2) is 6.72. The second-order valence-corrected chi connectivity index (χ2v) is 6.58. The lowest BCUT2D eigenvalue weighted by molar-refractivity contribution is -0.384. The van der Waals surface area contributed by atoms with Gasteiger partial charge in [0.15, 0.2) is 0 Å². The van der Waals surface area contributed by atoms with Crippen molar-refractivity contribution in [1.82, 2.24) is 10.9 Å². The van der Waals surface area contributed by atoms with Gasteiger partial charge in [0.05, 0.1) is 10.5 Å². The number of nitro groups is 1. The highest BCUT2D eigenvalue weighted by molar-refractivity contribution is 5.80. The molecule has 3 rings (SSSR count). The molecule has 8 nitrogen and oxygen atoms in total. The molecule has 5 N–H and O–H groups in total. The lowest BCUT2D eigenvalue weighted by Gasteiger charge is -2.33. The van der Waals surface area contributed by atoms with E-state index in [-0.39, 0.29) is 23.7 Å². The van der Waals surface area contributed by atoms with Crippen LogP contribution in [0.3, 0.4) is 0 Å². The number of nitrogens with zero attached hydrogens (tertiary/aromatic N) is 1. The standard InChI is InChI=1S/C15H18F3N5O3/c16-15(17,18)7-1-3-11(12(5-7)23(25)26)20-8-2-4-10-9(6-8)13(14(19)24)22-21-10/h1,3,5,8-10,13,20-22H,2,4,6H2,(H2,19,24). The summed E-state index contributed by atoms with van der Waals surface area (Å²) in [5, 5.41) is 14.1. The molecule has 1 aliphatic heterocycles. The topological polar surface area (TPSA) is 122 Å². The van der Waals surface area contributed by atoms with Crippen molar-refractivity contribution in [3.05, 3.63) is 33.9 Å². The zero-order chi connectivity index (χ0) is 19.1. The van der Waals surface area contributed by atoms with E-state index >= 15 is 0 Å². The molecule has 4 atom stereocenters. The Balaban J connectivity index is 1.78. The lowest BCUT2D eigenvalue weighted by Crippen LogP contribution is -2.44. The molecule has 26 heavy (non-hydrogen) atoms. The molecule has 0 radical (unpaired) electrons.